The van der Waals surface area contributed by atoms with E-state index in [1.54, 1.807) is 19.5 Å². The highest BCUT2D eigenvalue weighted by Crippen LogP contribution is 2.19. The summed E-state index contributed by atoms with van der Waals surface area (Å²) in [5.41, 5.74) is 5.17. The van der Waals surface area contributed by atoms with Crippen LogP contribution in [0, 0.1) is 0 Å². The fourth-order valence-electron chi connectivity index (χ4n) is 3.39. The maximum Gasteiger partial charge on any atom is 0.490 e. The molecule has 8 nitrogen and oxygen atoms in total. The van der Waals surface area contributed by atoms with E-state index in [0.717, 1.165) is 41.9 Å². The van der Waals surface area contributed by atoms with E-state index in [0.29, 0.717) is 26.1 Å². The quantitative estimate of drug-likeness (QED) is 0.323. The number of methoxy groups -OCH3 is 1. The van der Waals surface area contributed by atoms with E-state index in [-0.39, 0.29) is 5.91 Å². The number of nitrogens with zero attached hydrogens (tertiary/aromatic N) is 3. The number of amides is 1. The Hall–Kier alpha value is -3.83. The van der Waals surface area contributed by atoms with Gasteiger partial charge in [0.05, 0.1) is 18.7 Å². The largest absolute Gasteiger partial charge is 0.490 e. The van der Waals surface area contributed by atoms with Crippen LogP contribution in [-0.4, -0.2) is 64.8 Å². The molecule has 2 N–H and O–H groups in total. The molecule has 0 saturated heterocycles. The van der Waals surface area contributed by atoms with Crippen LogP contribution in [0.15, 0.2) is 67.1 Å². The van der Waals surface area contributed by atoms with Gasteiger partial charge < -0.3 is 20.1 Å². The lowest BCUT2D eigenvalue weighted by molar-refractivity contribution is -0.192. The van der Waals surface area contributed by atoms with E-state index < -0.39 is 12.1 Å². The Morgan fingerprint density at radius 2 is 1.72 bits per heavy atom. The highest BCUT2D eigenvalue weighted by molar-refractivity contribution is 5.78. The molecule has 1 amide bonds. The number of hydrogen-bond acceptors (Lipinski definition) is 6. The number of carbonyl (C=O) groups is 2. The lowest BCUT2D eigenvalue weighted by Gasteiger charge is -2.23. The fraction of sp³-hybridized carbons (Fsp3) is 0.357. The van der Waals surface area contributed by atoms with Gasteiger partial charge in [-0.3, -0.25) is 14.8 Å². The minimum absolute atomic E-state index is 0.0630. The SMILES string of the molecule is CCCNCc1ccc(-c2ccc(CN(CCOC)C(=O)Cc3cccnc3)cc2)nc1.O=C(O)C(F)(F)F. The van der Waals surface area contributed by atoms with Crippen LogP contribution in [0.25, 0.3) is 11.3 Å². The van der Waals surface area contributed by atoms with Gasteiger partial charge in [0.2, 0.25) is 5.91 Å². The van der Waals surface area contributed by atoms with Gasteiger partial charge in [0.15, 0.2) is 0 Å². The van der Waals surface area contributed by atoms with E-state index in [1.165, 1.54) is 5.56 Å². The molecule has 0 aliphatic rings. The van der Waals surface area contributed by atoms with Crippen molar-refractivity contribution < 1.29 is 32.6 Å². The first-order valence-corrected chi connectivity index (χ1v) is 12.3. The number of rotatable bonds is 12. The van der Waals surface area contributed by atoms with Crippen molar-refractivity contribution in [1.29, 1.82) is 0 Å². The molecule has 0 fully saturated rings. The number of carboxylic acid groups (broad SMARTS) is 1. The number of alkyl halides is 3. The van der Waals surface area contributed by atoms with Gasteiger partial charge in [-0.1, -0.05) is 43.3 Å². The Morgan fingerprint density at radius 1 is 1.03 bits per heavy atom. The van der Waals surface area contributed by atoms with Crippen molar-refractivity contribution in [1.82, 2.24) is 20.2 Å². The van der Waals surface area contributed by atoms with E-state index in [1.807, 2.05) is 23.2 Å². The molecule has 0 saturated carbocycles. The van der Waals surface area contributed by atoms with Gasteiger partial charge in [0.25, 0.3) is 0 Å². The van der Waals surface area contributed by atoms with Crippen LogP contribution in [0.1, 0.15) is 30.0 Å². The molecule has 2 heterocycles. The van der Waals surface area contributed by atoms with Gasteiger partial charge in [0.1, 0.15) is 0 Å². The monoisotopic (exact) mass is 546 g/mol. The summed E-state index contributed by atoms with van der Waals surface area (Å²) in [7, 11) is 1.65. The Morgan fingerprint density at radius 3 is 2.26 bits per heavy atom. The molecule has 0 aliphatic heterocycles. The van der Waals surface area contributed by atoms with Gasteiger partial charge in [0, 0.05) is 50.9 Å². The van der Waals surface area contributed by atoms with Gasteiger partial charge in [-0.15, -0.1) is 0 Å². The second kappa shape index (κ2) is 16.2. The number of aromatic nitrogens is 2. The fourth-order valence-corrected chi connectivity index (χ4v) is 3.39. The standard InChI is InChI=1S/C26H32N4O2.C2HF3O2/c1-3-12-27-18-23-8-11-25(29-19-23)24-9-6-21(7-10-24)20-30(14-15-32-2)26(31)16-22-5-4-13-28-17-22;3-2(4,5)1(6)7/h4-11,13,17,19,27H,3,12,14-16,18,20H2,1-2H3;(H,6,7). The lowest BCUT2D eigenvalue weighted by Crippen LogP contribution is -2.34. The molecule has 0 atom stereocenters. The van der Waals surface area contributed by atoms with Gasteiger partial charge in [-0.25, -0.2) is 4.79 Å². The summed E-state index contributed by atoms with van der Waals surface area (Å²) in [6.45, 7) is 5.59. The third kappa shape index (κ3) is 11.6. The molecular formula is C28H33F3N4O4. The minimum atomic E-state index is -5.08. The molecule has 0 aliphatic carbocycles. The topological polar surface area (TPSA) is 105 Å². The van der Waals surface area contributed by atoms with Crippen molar-refractivity contribution in [2.75, 3.05) is 26.8 Å². The maximum atomic E-state index is 12.9. The van der Waals surface area contributed by atoms with Crippen molar-refractivity contribution in [3.63, 3.8) is 0 Å². The number of carboxylic acids is 1. The smallest absolute Gasteiger partial charge is 0.475 e. The molecule has 0 bridgehead atoms. The Balaban J connectivity index is 0.000000673. The number of benzene rings is 1. The highest BCUT2D eigenvalue weighted by Gasteiger charge is 2.38. The number of pyridine rings is 2. The number of halogens is 3. The summed E-state index contributed by atoms with van der Waals surface area (Å²) in [5.74, 6) is -2.69. The zero-order chi connectivity index (χ0) is 28.7. The van der Waals surface area contributed by atoms with Crippen molar-refractivity contribution in [2.45, 2.75) is 39.0 Å². The summed E-state index contributed by atoms with van der Waals surface area (Å²) >= 11 is 0. The van der Waals surface area contributed by atoms with Crippen LogP contribution in [-0.2, 0) is 33.8 Å². The Kier molecular flexibility index (Phi) is 13.0. The average Bonchev–Trinajstić information content (AvgIpc) is 2.92. The summed E-state index contributed by atoms with van der Waals surface area (Å²) in [4.78, 5) is 32.3. The molecule has 0 spiro atoms. The number of aliphatic carboxylic acids is 1. The zero-order valence-corrected chi connectivity index (χ0v) is 21.9. The summed E-state index contributed by atoms with van der Waals surface area (Å²) in [6.07, 6.45) is 1.74. The van der Waals surface area contributed by atoms with Crippen LogP contribution in [0.4, 0.5) is 13.2 Å². The number of ether oxygens (including phenoxy) is 1. The summed E-state index contributed by atoms with van der Waals surface area (Å²) < 4.78 is 36.9. The summed E-state index contributed by atoms with van der Waals surface area (Å²) in [5, 5.41) is 10.5. The predicted octanol–water partition coefficient (Wildman–Crippen LogP) is 4.49. The Bertz CT molecular complexity index is 1140. The molecule has 39 heavy (non-hydrogen) atoms. The van der Waals surface area contributed by atoms with E-state index in [9.17, 15) is 18.0 Å². The van der Waals surface area contributed by atoms with E-state index in [2.05, 4.69) is 58.6 Å². The van der Waals surface area contributed by atoms with Crippen LogP contribution < -0.4 is 5.32 Å². The van der Waals surface area contributed by atoms with Gasteiger partial charge in [-0.2, -0.15) is 13.2 Å². The molecule has 2 aromatic heterocycles. The minimum Gasteiger partial charge on any atom is -0.475 e. The van der Waals surface area contributed by atoms with Gasteiger partial charge in [-0.05, 0) is 41.8 Å². The first kappa shape index (κ1) is 31.4. The molecule has 3 rings (SSSR count). The molecular weight excluding hydrogens is 513 g/mol. The molecule has 210 valence electrons. The van der Waals surface area contributed by atoms with Gasteiger partial charge >= 0.3 is 12.1 Å². The number of hydrogen-bond donors (Lipinski definition) is 2. The predicted molar refractivity (Wildman–Crippen MR) is 141 cm³/mol. The molecule has 3 aromatic rings. The maximum absolute atomic E-state index is 12.9. The van der Waals surface area contributed by atoms with Crippen molar-refractivity contribution in [3.05, 3.63) is 83.8 Å². The first-order chi connectivity index (χ1) is 18.6. The normalized spacial score (nSPS) is 10.9. The molecule has 11 heteroatoms. The van der Waals surface area contributed by atoms with Crippen LogP contribution in [0.5, 0.6) is 0 Å². The van der Waals surface area contributed by atoms with Crippen LogP contribution >= 0.6 is 0 Å². The number of carbonyl (C=O) groups excluding carboxylic acids is 1. The third-order valence-electron chi connectivity index (χ3n) is 5.44. The van der Waals surface area contributed by atoms with E-state index in [4.69, 9.17) is 14.6 Å². The second-order valence-corrected chi connectivity index (χ2v) is 8.57. The highest BCUT2D eigenvalue weighted by atomic mass is 19.4. The molecule has 1 aromatic carbocycles. The molecule has 0 unspecified atom stereocenters. The van der Waals surface area contributed by atoms with Crippen molar-refractivity contribution in [2.24, 2.45) is 0 Å². The summed E-state index contributed by atoms with van der Waals surface area (Å²) in [6, 6.07) is 16.2. The van der Waals surface area contributed by atoms with Crippen molar-refractivity contribution in [3.8, 4) is 11.3 Å². The van der Waals surface area contributed by atoms with Crippen molar-refractivity contribution >= 4 is 11.9 Å². The number of nitrogens with one attached hydrogen (secondary N) is 1. The average molecular weight is 547 g/mol. The molecule has 0 radical (unpaired) electrons. The van der Waals surface area contributed by atoms with E-state index >= 15 is 0 Å². The van der Waals surface area contributed by atoms with Crippen LogP contribution in [0.3, 0.4) is 0 Å². The Labute approximate surface area is 225 Å². The second-order valence-electron chi connectivity index (χ2n) is 8.57. The van der Waals surface area contributed by atoms with Crippen LogP contribution in [0.2, 0.25) is 0 Å². The zero-order valence-electron chi connectivity index (χ0n) is 21.9. The first-order valence-electron chi connectivity index (χ1n) is 12.3. The third-order valence-corrected chi connectivity index (χ3v) is 5.44. The lowest BCUT2D eigenvalue weighted by atomic mass is 10.1.